The highest BCUT2D eigenvalue weighted by Crippen LogP contribution is 2.15. The van der Waals surface area contributed by atoms with Crippen molar-refractivity contribution in [3.05, 3.63) is 50.1 Å². The maximum absolute atomic E-state index is 13.1. The van der Waals surface area contributed by atoms with Crippen molar-refractivity contribution >= 4 is 27.3 Å². The van der Waals surface area contributed by atoms with Crippen molar-refractivity contribution in [2.24, 2.45) is 0 Å². The summed E-state index contributed by atoms with van der Waals surface area (Å²) in [6.07, 6.45) is 0. The zero-order valence-electron chi connectivity index (χ0n) is 9.34. The third kappa shape index (κ3) is 3.87. The van der Waals surface area contributed by atoms with Crippen LogP contribution in [0.5, 0.6) is 0 Å². The number of hydrogen-bond acceptors (Lipinski definition) is 3. The normalized spacial score (nSPS) is 10.8. The summed E-state index contributed by atoms with van der Waals surface area (Å²) in [4.78, 5) is 4.35. The minimum atomic E-state index is -0.221. The number of hydrogen-bond donors (Lipinski definition) is 1. The van der Waals surface area contributed by atoms with Gasteiger partial charge >= 0.3 is 0 Å². The van der Waals surface area contributed by atoms with E-state index < -0.39 is 0 Å². The van der Waals surface area contributed by atoms with Crippen LogP contribution in [0, 0.1) is 12.7 Å². The molecule has 0 aliphatic heterocycles. The van der Waals surface area contributed by atoms with Crippen LogP contribution in [0.1, 0.15) is 16.3 Å². The summed E-state index contributed by atoms with van der Waals surface area (Å²) in [5.74, 6) is -0.221. The summed E-state index contributed by atoms with van der Waals surface area (Å²) in [5.41, 5.74) is 1.96. The molecule has 0 spiro atoms. The predicted molar refractivity (Wildman–Crippen MR) is 71.5 cm³/mol. The number of aromatic nitrogens is 1. The number of rotatable bonds is 4. The monoisotopic (exact) mass is 314 g/mol. The molecule has 2 nitrogen and oxygen atoms in total. The van der Waals surface area contributed by atoms with Crippen LogP contribution in [0.25, 0.3) is 0 Å². The summed E-state index contributed by atoms with van der Waals surface area (Å²) in [6.45, 7) is 3.32. The van der Waals surface area contributed by atoms with Gasteiger partial charge in [0, 0.05) is 28.6 Å². The van der Waals surface area contributed by atoms with Crippen molar-refractivity contribution in [2.75, 3.05) is 0 Å². The van der Waals surface area contributed by atoms with Crippen LogP contribution in [0.2, 0.25) is 0 Å². The Balaban J connectivity index is 1.89. The molecule has 17 heavy (non-hydrogen) atoms. The molecule has 0 aliphatic carbocycles. The molecular formula is C12H12BrFN2S. The predicted octanol–water partition coefficient (Wildman–Crippen LogP) is 3.64. The lowest BCUT2D eigenvalue weighted by molar-refractivity contribution is 0.619. The summed E-state index contributed by atoms with van der Waals surface area (Å²) >= 11 is 4.91. The number of aryl methyl sites for hydroxylation is 1. The molecule has 1 aromatic heterocycles. The van der Waals surface area contributed by atoms with Gasteiger partial charge in [0.25, 0.3) is 0 Å². The highest BCUT2D eigenvalue weighted by atomic mass is 79.9. The molecule has 1 heterocycles. The van der Waals surface area contributed by atoms with Crippen molar-refractivity contribution in [1.82, 2.24) is 10.3 Å². The fourth-order valence-electron chi connectivity index (χ4n) is 1.51. The van der Waals surface area contributed by atoms with E-state index in [2.05, 4.69) is 26.2 Å². The Morgan fingerprint density at radius 3 is 2.82 bits per heavy atom. The first kappa shape index (κ1) is 12.7. The summed E-state index contributed by atoms with van der Waals surface area (Å²) in [6, 6.07) is 4.89. The van der Waals surface area contributed by atoms with Crippen LogP contribution in [0.15, 0.2) is 28.1 Å². The highest BCUT2D eigenvalue weighted by Gasteiger charge is 2.01. The van der Waals surface area contributed by atoms with Crippen molar-refractivity contribution < 1.29 is 4.39 Å². The van der Waals surface area contributed by atoms with E-state index in [4.69, 9.17) is 0 Å². The standard InChI is InChI=1S/C12H12BrFN2S/c1-8-7-17-12(16-8)6-15-5-9-2-10(13)4-11(14)3-9/h2-4,7,15H,5-6H2,1H3. The average Bonchev–Trinajstić information content (AvgIpc) is 2.63. The molecule has 0 saturated heterocycles. The lowest BCUT2D eigenvalue weighted by atomic mass is 10.2. The maximum atomic E-state index is 13.1. The highest BCUT2D eigenvalue weighted by molar-refractivity contribution is 9.10. The summed E-state index contributed by atoms with van der Waals surface area (Å²) in [5, 5.41) is 6.32. The SMILES string of the molecule is Cc1csc(CNCc2cc(F)cc(Br)c2)n1. The number of halogens is 2. The first-order chi connectivity index (χ1) is 8.13. The number of thiazole rings is 1. The van der Waals surface area contributed by atoms with E-state index in [1.807, 2.05) is 18.4 Å². The maximum Gasteiger partial charge on any atom is 0.124 e. The Labute approximate surface area is 112 Å². The Hall–Kier alpha value is -0.780. The van der Waals surface area contributed by atoms with Crippen LogP contribution >= 0.6 is 27.3 Å². The van der Waals surface area contributed by atoms with Gasteiger partial charge < -0.3 is 5.32 Å². The van der Waals surface area contributed by atoms with E-state index >= 15 is 0 Å². The average molecular weight is 315 g/mol. The zero-order valence-corrected chi connectivity index (χ0v) is 11.7. The number of nitrogens with one attached hydrogen (secondary N) is 1. The number of nitrogens with zero attached hydrogens (tertiary/aromatic N) is 1. The molecule has 90 valence electrons. The molecular weight excluding hydrogens is 303 g/mol. The van der Waals surface area contributed by atoms with Crippen molar-refractivity contribution in [3.8, 4) is 0 Å². The van der Waals surface area contributed by atoms with Gasteiger partial charge in [0.15, 0.2) is 0 Å². The minimum absolute atomic E-state index is 0.221. The molecule has 0 aliphatic rings. The van der Waals surface area contributed by atoms with Crippen molar-refractivity contribution in [3.63, 3.8) is 0 Å². The Morgan fingerprint density at radius 1 is 1.35 bits per heavy atom. The van der Waals surface area contributed by atoms with Gasteiger partial charge in [0.1, 0.15) is 10.8 Å². The number of benzene rings is 1. The van der Waals surface area contributed by atoms with Crippen LogP contribution < -0.4 is 5.32 Å². The lowest BCUT2D eigenvalue weighted by Gasteiger charge is -2.04. The summed E-state index contributed by atoms with van der Waals surface area (Å²) in [7, 11) is 0. The van der Waals surface area contributed by atoms with E-state index in [1.165, 1.54) is 12.1 Å². The molecule has 0 unspecified atom stereocenters. The molecule has 0 bridgehead atoms. The van der Waals surface area contributed by atoms with E-state index in [-0.39, 0.29) is 5.82 Å². The van der Waals surface area contributed by atoms with E-state index in [0.29, 0.717) is 13.1 Å². The first-order valence-electron chi connectivity index (χ1n) is 5.20. The van der Waals surface area contributed by atoms with Gasteiger partial charge in [-0.1, -0.05) is 15.9 Å². The van der Waals surface area contributed by atoms with Gasteiger partial charge in [-0.2, -0.15) is 0 Å². The molecule has 1 aromatic carbocycles. The second-order valence-electron chi connectivity index (χ2n) is 3.76. The Bertz CT molecular complexity index is 493. The molecule has 1 N–H and O–H groups in total. The van der Waals surface area contributed by atoms with Crippen LogP contribution in [-0.2, 0) is 13.1 Å². The van der Waals surface area contributed by atoms with E-state index in [1.54, 1.807) is 11.3 Å². The molecule has 0 radical (unpaired) electrons. The van der Waals surface area contributed by atoms with Crippen LogP contribution in [0.4, 0.5) is 4.39 Å². The quantitative estimate of drug-likeness (QED) is 0.932. The molecule has 0 saturated carbocycles. The Morgan fingerprint density at radius 2 is 2.18 bits per heavy atom. The van der Waals surface area contributed by atoms with Gasteiger partial charge in [-0.3, -0.25) is 0 Å². The third-order valence-corrected chi connectivity index (χ3v) is 3.62. The molecule has 0 atom stereocenters. The first-order valence-corrected chi connectivity index (χ1v) is 6.87. The fourth-order valence-corrected chi connectivity index (χ4v) is 2.76. The Kier molecular flexibility index (Phi) is 4.25. The van der Waals surface area contributed by atoms with Gasteiger partial charge in [-0.25, -0.2) is 9.37 Å². The minimum Gasteiger partial charge on any atom is -0.306 e. The second-order valence-corrected chi connectivity index (χ2v) is 5.62. The molecule has 2 aromatic rings. The van der Waals surface area contributed by atoms with Crippen LogP contribution in [-0.4, -0.2) is 4.98 Å². The fraction of sp³-hybridized carbons (Fsp3) is 0.250. The van der Waals surface area contributed by atoms with E-state index in [0.717, 1.165) is 20.7 Å². The second kappa shape index (κ2) is 5.71. The van der Waals surface area contributed by atoms with Crippen LogP contribution in [0.3, 0.4) is 0 Å². The summed E-state index contributed by atoms with van der Waals surface area (Å²) < 4.78 is 13.9. The van der Waals surface area contributed by atoms with E-state index in [9.17, 15) is 4.39 Å². The molecule has 2 rings (SSSR count). The molecule has 0 amide bonds. The third-order valence-electron chi connectivity index (χ3n) is 2.19. The van der Waals surface area contributed by atoms with Gasteiger partial charge in [0.05, 0.1) is 0 Å². The topological polar surface area (TPSA) is 24.9 Å². The van der Waals surface area contributed by atoms with Crippen molar-refractivity contribution in [1.29, 1.82) is 0 Å². The lowest BCUT2D eigenvalue weighted by Crippen LogP contribution is -2.12. The van der Waals surface area contributed by atoms with Crippen molar-refractivity contribution in [2.45, 2.75) is 20.0 Å². The smallest absolute Gasteiger partial charge is 0.124 e. The zero-order chi connectivity index (χ0) is 12.3. The largest absolute Gasteiger partial charge is 0.306 e. The van der Waals surface area contributed by atoms with Gasteiger partial charge in [-0.15, -0.1) is 11.3 Å². The molecule has 0 fully saturated rings. The van der Waals surface area contributed by atoms with Gasteiger partial charge in [0.2, 0.25) is 0 Å². The molecule has 5 heteroatoms. The van der Waals surface area contributed by atoms with Gasteiger partial charge in [-0.05, 0) is 30.7 Å².